The zero-order valence-electron chi connectivity index (χ0n) is 10.1. The lowest BCUT2D eigenvalue weighted by Crippen LogP contribution is -2.34. The molecular formula is C13H17NO2S. The fourth-order valence-corrected chi connectivity index (χ4v) is 3.35. The van der Waals surface area contributed by atoms with E-state index in [1.54, 1.807) is 23.6 Å². The van der Waals surface area contributed by atoms with Crippen molar-refractivity contribution in [1.82, 2.24) is 4.90 Å². The van der Waals surface area contributed by atoms with Crippen LogP contribution in [0.4, 0.5) is 0 Å². The van der Waals surface area contributed by atoms with Gasteiger partial charge in [0.05, 0.1) is 11.9 Å². The van der Waals surface area contributed by atoms with Crippen molar-refractivity contribution in [3.63, 3.8) is 0 Å². The van der Waals surface area contributed by atoms with Crippen LogP contribution in [0.2, 0.25) is 0 Å². The summed E-state index contributed by atoms with van der Waals surface area (Å²) in [5.41, 5.74) is 2.36. The van der Waals surface area contributed by atoms with E-state index < -0.39 is 6.10 Å². The minimum absolute atomic E-state index is 0.0540. The van der Waals surface area contributed by atoms with E-state index in [1.807, 2.05) is 12.1 Å². The second-order valence-corrected chi connectivity index (χ2v) is 5.48. The molecule has 0 bridgehead atoms. The molecular weight excluding hydrogens is 234 g/mol. The molecule has 92 valence electrons. The molecule has 0 unspecified atom stereocenters. The predicted molar refractivity (Wildman–Crippen MR) is 69.8 cm³/mol. The molecule has 1 aromatic carbocycles. The first-order chi connectivity index (χ1) is 8.09. The summed E-state index contributed by atoms with van der Waals surface area (Å²) in [4.78, 5) is 13.6. The molecule has 1 saturated heterocycles. The number of benzene rings is 1. The number of β-amino-alcohol motifs (C(OH)–C–C–N with tert-alkyl or cyclic N) is 1. The third-order valence-corrected chi connectivity index (χ3v) is 4.12. The number of carbonyl (C=O) groups excluding carboxylic acids is 1. The monoisotopic (exact) mass is 251 g/mol. The number of rotatable bonds is 3. The maximum atomic E-state index is 11.8. The molecule has 0 aromatic heterocycles. The minimum atomic E-state index is -0.482. The van der Waals surface area contributed by atoms with Gasteiger partial charge in [-0.15, -0.1) is 11.8 Å². The molecule has 4 heteroatoms. The van der Waals surface area contributed by atoms with Crippen molar-refractivity contribution in [1.29, 1.82) is 0 Å². The summed E-state index contributed by atoms with van der Waals surface area (Å²) in [5.74, 6) is 0.621. The van der Waals surface area contributed by atoms with Crippen molar-refractivity contribution in [3.05, 3.63) is 35.4 Å². The van der Waals surface area contributed by atoms with Gasteiger partial charge in [-0.05, 0) is 25.0 Å². The van der Waals surface area contributed by atoms with Gasteiger partial charge in [0, 0.05) is 6.54 Å². The van der Waals surface area contributed by atoms with Gasteiger partial charge in [-0.2, -0.15) is 0 Å². The van der Waals surface area contributed by atoms with Crippen LogP contribution in [0.1, 0.15) is 23.4 Å². The first kappa shape index (κ1) is 12.5. The average molecular weight is 251 g/mol. The third-order valence-electron chi connectivity index (χ3n) is 2.88. The average Bonchev–Trinajstić information content (AvgIpc) is 2.61. The normalized spacial score (nSPS) is 21.9. The Balaban J connectivity index is 2.25. The zero-order valence-corrected chi connectivity index (χ0v) is 10.9. The minimum Gasteiger partial charge on any atom is -0.392 e. The number of aliphatic hydroxyl groups is 1. The van der Waals surface area contributed by atoms with Gasteiger partial charge in [-0.25, -0.2) is 0 Å². The Kier molecular flexibility index (Phi) is 3.74. The van der Waals surface area contributed by atoms with Crippen LogP contribution in [0.25, 0.3) is 0 Å². The Hall–Kier alpha value is -1.00. The lowest BCUT2D eigenvalue weighted by atomic mass is 10.1. The topological polar surface area (TPSA) is 40.5 Å². The van der Waals surface area contributed by atoms with Gasteiger partial charge in [0.15, 0.2) is 0 Å². The Morgan fingerprint density at radius 2 is 2.24 bits per heavy atom. The van der Waals surface area contributed by atoms with E-state index in [0.717, 1.165) is 0 Å². The quantitative estimate of drug-likeness (QED) is 0.892. The van der Waals surface area contributed by atoms with E-state index in [2.05, 4.69) is 19.1 Å². The molecule has 1 N–H and O–H groups in total. The predicted octanol–water partition coefficient (Wildman–Crippen LogP) is 1.95. The highest BCUT2D eigenvalue weighted by atomic mass is 32.2. The SMILES string of the molecule is Cc1ccccc1[C@@H]1SCC(=O)N1C[C@@H](C)O. The lowest BCUT2D eigenvalue weighted by Gasteiger charge is -2.26. The molecule has 0 saturated carbocycles. The molecule has 2 rings (SSSR count). The number of hydrogen-bond donors (Lipinski definition) is 1. The van der Waals surface area contributed by atoms with Crippen LogP contribution in [-0.4, -0.2) is 34.3 Å². The number of nitrogens with zero attached hydrogens (tertiary/aromatic N) is 1. The number of amides is 1. The molecule has 1 fully saturated rings. The Morgan fingerprint density at radius 3 is 2.88 bits per heavy atom. The van der Waals surface area contributed by atoms with Crippen LogP contribution in [0.15, 0.2) is 24.3 Å². The summed E-state index contributed by atoms with van der Waals surface area (Å²) < 4.78 is 0. The molecule has 1 aliphatic heterocycles. The molecule has 1 aromatic rings. The van der Waals surface area contributed by atoms with Gasteiger partial charge in [-0.1, -0.05) is 24.3 Å². The number of hydrogen-bond acceptors (Lipinski definition) is 3. The van der Waals surface area contributed by atoms with Gasteiger partial charge >= 0.3 is 0 Å². The number of carbonyl (C=O) groups is 1. The largest absolute Gasteiger partial charge is 0.392 e. The van der Waals surface area contributed by atoms with Crippen molar-refractivity contribution in [3.8, 4) is 0 Å². The highest BCUT2D eigenvalue weighted by Gasteiger charge is 2.33. The first-order valence-electron chi connectivity index (χ1n) is 5.74. The molecule has 1 amide bonds. The van der Waals surface area contributed by atoms with Crippen LogP contribution in [0.5, 0.6) is 0 Å². The van der Waals surface area contributed by atoms with Crippen LogP contribution < -0.4 is 0 Å². The van der Waals surface area contributed by atoms with Gasteiger partial charge in [0.2, 0.25) is 5.91 Å². The van der Waals surface area contributed by atoms with E-state index >= 15 is 0 Å². The standard InChI is InChI=1S/C13H17NO2S/c1-9-5-3-4-6-11(9)13-14(7-10(2)15)12(16)8-17-13/h3-6,10,13,15H,7-8H2,1-2H3/t10-,13+/m1/s1. The smallest absolute Gasteiger partial charge is 0.233 e. The molecule has 17 heavy (non-hydrogen) atoms. The highest BCUT2D eigenvalue weighted by Crippen LogP contribution is 2.39. The summed E-state index contributed by atoms with van der Waals surface area (Å²) in [7, 11) is 0. The lowest BCUT2D eigenvalue weighted by molar-refractivity contribution is -0.129. The summed E-state index contributed by atoms with van der Waals surface area (Å²) in [6.07, 6.45) is -0.482. The second kappa shape index (κ2) is 5.10. The molecule has 1 aliphatic rings. The van der Waals surface area contributed by atoms with E-state index in [0.29, 0.717) is 12.3 Å². The molecule has 2 atom stereocenters. The van der Waals surface area contributed by atoms with Gasteiger partial charge in [0.25, 0.3) is 0 Å². The fraction of sp³-hybridized carbons (Fsp3) is 0.462. The number of aliphatic hydroxyl groups excluding tert-OH is 1. The Bertz CT molecular complexity index is 420. The van der Waals surface area contributed by atoms with Gasteiger partial charge in [0.1, 0.15) is 5.37 Å². The van der Waals surface area contributed by atoms with Crippen molar-refractivity contribution in [2.24, 2.45) is 0 Å². The molecule has 0 aliphatic carbocycles. The first-order valence-corrected chi connectivity index (χ1v) is 6.79. The summed E-state index contributed by atoms with van der Waals surface area (Å²) in [6.45, 7) is 4.18. The summed E-state index contributed by atoms with van der Waals surface area (Å²) in [6, 6.07) is 8.10. The van der Waals surface area contributed by atoms with E-state index in [1.165, 1.54) is 11.1 Å². The summed E-state index contributed by atoms with van der Waals surface area (Å²) >= 11 is 1.63. The zero-order chi connectivity index (χ0) is 12.4. The second-order valence-electron chi connectivity index (χ2n) is 4.42. The van der Waals surface area contributed by atoms with Crippen molar-refractivity contribution in [2.75, 3.05) is 12.3 Å². The van der Waals surface area contributed by atoms with Gasteiger partial charge in [-0.3, -0.25) is 4.79 Å². The fourth-order valence-electron chi connectivity index (χ4n) is 2.06. The summed E-state index contributed by atoms with van der Waals surface area (Å²) in [5, 5.41) is 9.52. The van der Waals surface area contributed by atoms with Gasteiger partial charge < -0.3 is 10.0 Å². The molecule has 1 heterocycles. The Morgan fingerprint density at radius 1 is 1.53 bits per heavy atom. The highest BCUT2D eigenvalue weighted by molar-refractivity contribution is 8.00. The van der Waals surface area contributed by atoms with Crippen LogP contribution >= 0.6 is 11.8 Å². The maximum Gasteiger partial charge on any atom is 0.233 e. The molecule has 0 radical (unpaired) electrons. The van der Waals surface area contributed by atoms with E-state index in [9.17, 15) is 9.90 Å². The Labute approximate surface area is 106 Å². The third kappa shape index (κ3) is 2.64. The number of thioether (sulfide) groups is 1. The van der Waals surface area contributed by atoms with Crippen LogP contribution in [0, 0.1) is 6.92 Å². The molecule has 3 nitrogen and oxygen atoms in total. The van der Waals surface area contributed by atoms with Crippen molar-refractivity contribution >= 4 is 17.7 Å². The van der Waals surface area contributed by atoms with Crippen LogP contribution in [0.3, 0.4) is 0 Å². The maximum absolute atomic E-state index is 11.8. The van der Waals surface area contributed by atoms with Crippen LogP contribution in [-0.2, 0) is 4.79 Å². The van der Waals surface area contributed by atoms with Crippen molar-refractivity contribution in [2.45, 2.75) is 25.3 Å². The van der Waals surface area contributed by atoms with E-state index in [-0.39, 0.29) is 11.3 Å². The molecule has 0 spiro atoms. The van der Waals surface area contributed by atoms with Crippen molar-refractivity contribution < 1.29 is 9.90 Å². The van der Waals surface area contributed by atoms with E-state index in [4.69, 9.17) is 0 Å². The number of aryl methyl sites for hydroxylation is 1.